The highest BCUT2D eigenvalue weighted by Gasteiger charge is 2.20. The highest BCUT2D eigenvalue weighted by molar-refractivity contribution is 9.10. The molecule has 0 radical (unpaired) electrons. The van der Waals surface area contributed by atoms with Crippen molar-refractivity contribution in [3.8, 4) is 11.4 Å². The summed E-state index contributed by atoms with van der Waals surface area (Å²) in [7, 11) is 0. The number of rotatable bonds is 3. The Bertz CT molecular complexity index is 943. The van der Waals surface area contributed by atoms with Crippen molar-refractivity contribution in [2.45, 2.75) is 51.6 Å². The molecule has 0 atom stereocenters. The van der Waals surface area contributed by atoms with Gasteiger partial charge in [-0.05, 0) is 72.7 Å². The van der Waals surface area contributed by atoms with Crippen LogP contribution in [0.25, 0.3) is 17.0 Å². The summed E-state index contributed by atoms with van der Waals surface area (Å²) in [5, 5.41) is 3.48. The van der Waals surface area contributed by atoms with Crippen LogP contribution in [0.4, 0.5) is 5.95 Å². The summed E-state index contributed by atoms with van der Waals surface area (Å²) in [5.41, 5.74) is 11.0. The molecule has 1 aliphatic carbocycles. The number of nitrogens with one attached hydrogen (secondary N) is 1. The second-order valence-electron chi connectivity index (χ2n) is 7.16. The average molecular weight is 415 g/mol. The first-order valence-electron chi connectivity index (χ1n) is 9.00. The molecule has 1 fully saturated rings. The minimum Gasteiger partial charge on any atom is -0.351 e. The number of fused-ring (bicyclic) bond motifs is 1. The Kier molecular flexibility index (Phi) is 4.67. The van der Waals surface area contributed by atoms with E-state index in [4.69, 9.17) is 10.7 Å². The fourth-order valence-electron chi connectivity index (χ4n) is 3.49. The summed E-state index contributed by atoms with van der Waals surface area (Å²) in [6.07, 6.45) is 10.0. The largest absolute Gasteiger partial charge is 0.351 e. The molecule has 0 aliphatic heterocycles. The van der Waals surface area contributed by atoms with E-state index < -0.39 is 0 Å². The van der Waals surface area contributed by atoms with Crippen LogP contribution in [0.5, 0.6) is 0 Å². The van der Waals surface area contributed by atoms with Gasteiger partial charge in [-0.15, -0.1) is 0 Å². The molecule has 0 bridgehead atoms. The molecule has 0 unspecified atom stereocenters. The summed E-state index contributed by atoms with van der Waals surface area (Å²) < 4.78 is 3.11. The normalized spacial score (nSPS) is 20.5. The van der Waals surface area contributed by atoms with E-state index in [1.807, 2.05) is 25.5 Å². The van der Waals surface area contributed by atoms with Gasteiger partial charge in [0.2, 0.25) is 5.95 Å². The first kappa shape index (κ1) is 17.4. The van der Waals surface area contributed by atoms with Crippen LogP contribution in [0.3, 0.4) is 0 Å². The van der Waals surface area contributed by atoms with Crippen molar-refractivity contribution in [2.75, 3.05) is 5.32 Å². The number of halogens is 1. The lowest BCUT2D eigenvalue weighted by molar-refractivity contribution is 0.410. The monoisotopic (exact) mass is 414 g/mol. The third-order valence-electron chi connectivity index (χ3n) is 5.11. The summed E-state index contributed by atoms with van der Waals surface area (Å²) in [6.45, 7) is 4.09. The Balaban J connectivity index is 1.67. The molecule has 1 saturated carbocycles. The van der Waals surface area contributed by atoms with Gasteiger partial charge in [-0.3, -0.25) is 4.40 Å². The lowest BCUT2D eigenvalue weighted by Gasteiger charge is -2.26. The van der Waals surface area contributed by atoms with Crippen LogP contribution in [0, 0.1) is 13.8 Å². The van der Waals surface area contributed by atoms with E-state index in [0.29, 0.717) is 18.0 Å². The third kappa shape index (κ3) is 3.33. The van der Waals surface area contributed by atoms with Gasteiger partial charge in [0, 0.05) is 29.0 Å². The molecular weight excluding hydrogens is 392 g/mol. The van der Waals surface area contributed by atoms with Gasteiger partial charge in [0.15, 0.2) is 0 Å². The van der Waals surface area contributed by atoms with E-state index in [2.05, 4.69) is 48.6 Å². The van der Waals surface area contributed by atoms with Crippen molar-refractivity contribution in [3.05, 3.63) is 40.3 Å². The number of hydrogen-bond donors (Lipinski definition) is 2. The van der Waals surface area contributed by atoms with Gasteiger partial charge < -0.3 is 11.1 Å². The fourth-order valence-corrected chi connectivity index (χ4v) is 3.81. The first-order valence-corrected chi connectivity index (χ1v) is 9.80. The zero-order chi connectivity index (χ0) is 18.3. The molecule has 7 heteroatoms. The number of aromatic nitrogens is 4. The second-order valence-corrected chi connectivity index (χ2v) is 8.01. The van der Waals surface area contributed by atoms with Crippen molar-refractivity contribution in [1.29, 1.82) is 0 Å². The maximum absolute atomic E-state index is 6.00. The van der Waals surface area contributed by atoms with Crippen LogP contribution in [-0.2, 0) is 0 Å². The maximum Gasteiger partial charge on any atom is 0.223 e. The molecule has 3 heterocycles. The van der Waals surface area contributed by atoms with Crippen LogP contribution >= 0.6 is 15.9 Å². The van der Waals surface area contributed by atoms with E-state index in [1.54, 1.807) is 0 Å². The lowest BCUT2D eigenvalue weighted by Crippen LogP contribution is -2.33. The predicted octanol–water partition coefficient (Wildman–Crippen LogP) is 3.85. The van der Waals surface area contributed by atoms with Crippen LogP contribution in [-0.4, -0.2) is 31.4 Å². The zero-order valence-corrected chi connectivity index (χ0v) is 16.6. The second kappa shape index (κ2) is 6.96. The number of nitrogens with zero attached hydrogens (tertiary/aromatic N) is 4. The standard InChI is InChI=1S/C19H23BrN6/c1-11-7-17-22-9-16(26(17)10-15(11)20)18-12(2)8-23-19(25-18)24-14-5-3-13(21)4-6-14/h7-10,13-14H,3-6,21H2,1-2H3,(H,23,24,25). The van der Waals surface area contributed by atoms with Crippen molar-refractivity contribution in [3.63, 3.8) is 0 Å². The Morgan fingerprint density at radius 2 is 1.88 bits per heavy atom. The van der Waals surface area contributed by atoms with E-state index in [0.717, 1.165) is 58.3 Å². The number of imidazole rings is 1. The fraction of sp³-hybridized carbons (Fsp3) is 0.421. The summed E-state index contributed by atoms with van der Waals surface area (Å²) >= 11 is 3.61. The Hall–Kier alpha value is -1.99. The van der Waals surface area contributed by atoms with E-state index in [1.165, 1.54) is 0 Å². The van der Waals surface area contributed by atoms with Crippen molar-refractivity contribution < 1.29 is 0 Å². The molecule has 3 N–H and O–H groups in total. The molecule has 6 nitrogen and oxygen atoms in total. The topological polar surface area (TPSA) is 81.1 Å². The van der Waals surface area contributed by atoms with Crippen LogP contribution < -0.4 is 11.1 Å². The number of anilines is 1. The summed E-state index contributed by atoms with van der Waals surface area (Å²) in [6, 6.07) is 2.79. The van der Waals surface area contributed by atoms with Gasteiger partial charge in [0.25, 0.3) is 0 Å². The molecule has 4 rings (SSSR count). The Labute approximate surface area is 161 Å². The van der Waals surface area contributed by atoms with Gasteiger partial charge in [-0.25, -0.2) is 15.0 Å². The van der Waals surface area contributed by atoms with Crippen LogP contribution in [0.1, 0.15) is 36.8 Å². The quantitative estimate of drug-likeness (QED) is 0.679. The van der Waals surface area contributed by atoms with Gasteiger partial charge in [-0.1, -0.05) is 0 Å². The molecule has 26 heavy (non-hydrogen) atoms. The lowest BCUT2D eigenvalue weighted by atomic mass is 9.92. The molecule has 0 saturated heterocycles. The van der Waals surface area contributed by atoms with Crippen molar-refractivity contribution >= 4 is 27.5 Å². The van der Waals surface area contributed by atoms with E-state index in [-0.39, 0.29) is 0 Å². The number of pyridine rings is 1. The number of hydrogen-bond acceptors (Lipinski definition) is 5. The summed E-state index contributed by atoms with van der Waals surface area (Å²) in [4.78, 5) is 13.8. The van der Waals surface area contributed by atoms with Gasteiger partial charge >= 0.3 is 0 Å². The van der Waals surface area contributed by atoms with Crippen molar-refractivity contribution in [1.82, 2.24) is 19.4 Å². The van der Waals surface area contributed by atoms with Crippen LogP contribution in [0.15, 0.2) is 29.1 Å². The SMILES string of the molecule is Cc1cc2ncc(-c3nc(NC4CCC(N)CC4)ncc3C)n2cc1Br. The van der Waals surface area contributed by atoms with Crippen LogP contribution in [0.2, 0.25) is 0 Å². The van der Waals surface area contributed by atoms with E-state index in [9.17, 15) is 0 Å². The van der Waals surface area contributed by atoms with Gasteiger partial charge in [-0.2, -0.15) is 0 Å². The highest BCUT2D eigenvalue weighted by atomic mass is 79.9. The maximum atomic E-state index is 6.00. The Morgan fingerprint density at radius 3 is 2.65 bits per heavy atom. The average Bonchev–Trinajstić information content (AvgIpc) is 3.01. The summed E-state index contributed by atoms with van der Waals surface area (Å²) in [5.74, 6) is 0.673. The van der Waals surface area contributed by atoms with Gasteiger partial charge in [0.1, 0.15) is 5.65 Å². The molecule has 0 aromatic carbocycles. The van der Waals surface area contributed by atoms with E-state index >= 15 is 0 Å². The molecule has 1 aliphatic rings. The minimum atomic E-state index is 0.336. The minimum absolute atomic E-state index is 0.336. The van der Waals surface area contributed by atoms with Gasteiger partial charge in [0.05, 0.1) is 17.6 Å². The molecule has 136 valence electrons. The highest BCUT2D eigenvalue weighted by Crippen LogP contribution is 2.27. The Morgan fingerprint density at radius 1 is 1.12 bits per heavy atom. The molecule has 3 aromatic rings. The van der Waals surface area contributed by atoms with Crippen molar-refractivity contribution in [2.24, 2.45) is 5.73 Å². The third-order valence-corrected chi connectivity index (χ3v) is 5.94. The zero-order valence-electron chi connectivity index (χ0n) is 15.0. The first-order chi connectivity index (χ1) is 12.5. The smallest absolute Gasteiger partial charge is 0.223 e. The molecule has 3 aromatic heterocycles. The number of aryl methyl sites for hydroxylation is 2. The number of nitrogens with two attached hydrogens (primary N) is 1. The molecular formula is C19H23BrN6. The molecule has 0 amide bonds. The predicted molar refractivity (Wildman–Crippen MR) is 107 cm³/mol. The molecule has 0 spiro atoms.